The quantitative estimate of drug-likeness (QED) is 0.620. The average molecular weight is 165 g/mol. The Labute approximate surface area is 67.2 Å². The van der Waals surface area contributed by atoms with Gasteiger partial charge in [-0.25, -0.2) is 9.67 Å². The van der Waals surface area contributed by atoms with Crippen molar-refractivity contribution in [3.63, 3.8) is 0 Å². The predicted octanol–water partition coefficient (Wildman–Crippen LogP) is -0.466. The van der Waals surface area contributed by atoms with Crippen LogP contribution in [0, 0.1) is 0 Å². The van der Waals surface area contributed by atoms with Crippen LogP contribution in [0.1, 0.15) is 6.92 Å². The van der Waals surface area contributed by atoms with Crippen molar-refractivity contribution in [2.45, 2.75) is 13.5 Å². The number of nitrogens with zero attached hydrogens (tertiary/aromatic N) is 4. The van der Waals surface area contributed by atoms with Crippen molar-refractivity contribution in [2.75, 3.05) is 0 Å². The number of rotatable bonds is 1. The topological polar surface area (TPSA) is 76.5 Å². The maximum absolute atomic E-state index is 11.1. The molecule has 2 aromatic rings. The molecule has 2 aromatic heterocycles. The van der Waals surface area contributed by atoms with E-state index in [1.807, 2.05) is 6.92 Å². The Balaban J connectivity index is 2.89. The molecule has 0 aliphatic heterocycles. The van der Waals surface area contributed by atoms with Gasteiger partial charge in [-0.3, -0.25) is 4.79 Å². The maximum Gasteiger partial charge on any atom is 0.280 e. The van der Waals surface area contributed by atoms with Crippen LogP contribution >= 0.6 is 0 Å². The highest BCUT2D eigenvalue weighted by Crippen LogP contribution is 1.99. The number of hydrogen-bond donors (Lipinski definition) is 1. The predicted molar refractivity (Wildman–Crippen MR) is 41.6 cm³/mol. The Morgan fingerprint density at radius 1 is 1.67 bits per heavy atom. The van der Waals surface area contributed by atoms with E-state index < -0.39 is 0 Å². The van der Waals surface area contributed by atoms with Gasteiger partial charge in [-0.05, 0) is 6.92 Å². The lowest BCUT2D eigenvalue weighted by Crippen LogP contribution is -2.07. The lowest BCUT2D eigenvalue weighted by Gasteiger charge is -1.91. The van der Waals surface area contributed by atoms with Crippen LogP contribution in [0.3, 0.4) is 0 Å². The van der Waals surface area contributed by atoms with Gasteiger partial charge in [0.1, 0.15) is 0 Å². The van der Waals surface area contributed by atoms with E-state index in [9.17, 15) is 4.79 Å². The third-order valence-electron chi connectivity index (χ3n) is 1.61. The number of fused-ring (bicyclic) bond motifs is 1. The van der Waals surface area contributed by atoms with Gasteiger partial charge in [0.15, 0.2) is 11.2 Å². The van der Waals surface area contributed by atoms with Gasteiger partial charge >= 0.3 is 0 Å². The van der Waals surface area contributed by atoms with Gasteiger partial charge < -0.3 is 4.98 Å². The molecule has 6 heteroatoms. The fourth-order valence-corrected chi connectivity index (χ4v) is 1.02. The van der Waals surface area contributed by atoms with Gasteiger partial charge in [-0.15, -0.1) is 5.10 Å². The van der Waals surface area contributed by atoms with Crippen LogP contribution in [-0.4, -0.2) is 25.0 Å². The smallest absolute Gasteiger partial charge is 0.280 e. The molecule has 0 saturated carbocycles. The van der Waals surface area contributed by atoms with Gasteiger partial charge in [0.2, 0.25) is 0 Å². The van der Waals surface area contributed by atoms with Crippen LogP contribution in [-0.2, 0) is 6.54 Å². The Hall–Kier alpha value is -1.72. The zero-order chi connectivity index (χ0) is 8.55. The molecule has 0 amide bonds. The monoisotopic (exact) mass is 165 g/mol. The molecule has 0 radical (unpaired) electrons. The molecule has 0 unspecified atom stereocenters. The van der Waals surface area contributed by atoms with Gasteiger partial charge in [0, 0.05) is 6.54 Å². The minimum absolute atomic E-state index is 0.250. The molecule has 0 bridgehead atoms. The van der Waals surface area contributed by atoms with Gasteiger partial charge in [-0.1, -0.05) is 5.21 Å². The summed E-state index contributed by atoms with van der Waals surface area (Å²) in [5.74, 6) is 0. The summed E-state index contributed by atoms with van der Waals surface area (Å²) in [6.45, 7) is 2.57. The van der Waals surface area contributed by atoms with Crippen LogP contribution in [0.5, 0.6) is 0 Å². The second-order valence-electron chi connectivity index (χ2n) is 2.31. The van der Waals surface area contributed by atoms with Gasteiger partial charge in [0.25, 0.3) is 5.56 Å². The normalized spacial score (nSPS) is 10.8. The average Bonchev–Trinajstić information content (AvgIpc) is 2.49. The van der Waals surface area contributed by atoms with Crippen LogP contribution in [0.15, 0.2) is 11.1 Å². The molecule has 0 fully saturated rings. The lowest BCUT2D eigenvalue weighted by molar-refractivity contribution is 0.641. The molecule has 0 saturated heterocycles. The fourth-order valence-electron chi connectivity index (χ4n) is 1.02. The van der Waals surface area contributed by atoms with Crippen LogP contribution < -0.4 is 5.56 Å². The van der Waals surface area contributed by atoms with E-state index in [-0.39, 0.29) is 5.56 Å². The largest absolute Gasteiger partial charge is 0.311 e. The number of hydrogen-bond acceptors (Lipinski definition) is 4. The Bertz CT molecular complexity index is 456. The number of aromatic amines is 1. The van der Waals surface area contributed by atoms with Crippen LogP contribution in [0.2, 0.25) is 0 Å². The summed E-state index contributed by atoms with van der Waals surface area (Å²) in [5.41, 5.74) is 0.570. The molecule has 0 aliphatic carbocycles. The molecule has 1 N–H and O–H groups in total. The second-order valence-corrected chi connectivity index (χ2v) is 2.31. The SMILES string of the molecule is CCn1nnc2c(=O)[nH]cnc21. The first-order valence-corrected chi connectivity index (χ1v) is 3.60. The second kappa shape index (κ2) is 2.40. The number of nitrogens with one attached hydrogen (secondary N) is 1. The summed E-state index contributed by atoms with van der Waals surface area (Å²) in [4.78, 5) is 17.5. The summed E-state index contributed by atoms with van der Waals surface area (Å²) < 4.78 is 1.57. The third kappa shape index (κ3) is 0.810. The molecule has 2 rings (SSSR count). The van der Waals surface area contributed by atoms with Crippen molar-refractivity contribution in [2.24, 2.45) is 0 Å². The minimum Gasteiger partial charge on any atom is -0.311 e. The molecular weight excluding hydrogens is 158 g/mol. The van der Waals surface area contributed by atoms with Crippen LogP contribution in [0.25, 0.3) is 11.2 Å². The van der Waals surface area contributed by atoms with Crippen molar-refractivity contribution < 1.29 is 0 Å². The van der Waals surface area contributed by atoms with Crippen molar-refractivity contribution in [3.05, 3.63) is 16.7 Å². The molecule has 0 atom stereocenters. The maximum atomic E-state index is 11.1. The molecular formula is C6H7N5O. The number of H-pyrrole nitrogens is 1. The first-order chi connectivity index (χ1) is 5.83. The standard InChI is InChI=1S/C6H7N5O/c1-2-11-5-4(9-10-11)6(12)8-3-7-5/h3H,2H2,1H3,(H,7,8,12). The van der Waals surface area contributed by atoms with Crippen LogP contribution in [0.4, 0.5) is 0 Å². The van der Waals surface area contributed by atoms with Gasteiger partial charge in [0.05, 0.1) is 6.33 Å². The first-order valence-electron chi connectivity index (χ1n) is 3.60. The summed E-state index contributed by atoms with van der Waals surface area (Å²) in [6, 6.07) is 0. The molecule has 0 aliphatic rings. The highest BCUT2D eigenvalue weighted by atomic mass is 16.1. The summed E-state index contributed by atoms with van der Waals surface area (Å²) >= 11 is 0. The van der Waals surface area contributed by atoms with Crippen molar-refractivity contribution in [3.8, 4) is 0 Å². The summed E-state index contributed by atoms with van der Waals surface area (Å²) in [7, 11) is 0. The molecule has 0 aromatic carbocycles. The Morgan fingerprint density at radius 3 is 3.25 bits per heavy atom. The Morgan fingerprint density at radius 2 is 2.50 bits per heavy atom. The zero-order valence-electron chi connectivity index (χ0n) is 6.48. The van der Waals surface area contributed by atoms with E-state index in [0.29, 0.717) is 17.7 Å². The Kier molecular flexibility index (Phi) is 1.39. The number of aromatic nitrogens is 5. The fraction of sp³-hybridized carbons (Fsp3) is 0.333. The molecule has 2 heterocycles. The molecule has 0 spiro atoms. The summed E-state index contributed by atoms with van der Waals surface area (Å²) in [6.07, 6.45) is 1.35. The van der Waals surface area contributed by atoms with E-state index in [1.54, 1.807) is 4.68 Å². The van der Waals surface area contributed by atoms with E-state index in [4.69, 9.17) is 0 Å². The molecule has 62 valence electrons. The van der Waals surface area contributed by atoms with Crippen molar-refractivity contribution >= 4 is 11.2 Å². The molecule has 12 heavy (non-hydrogen) atoms. The third-order valence-corrected chi connectivity index (χ3v) is 1.61. The van der Waals surface area contributed by atoms with E-state index in [2.05, 4.69) is 20.3 Å². The summed E-state index contributed by atoms with van der Waals surface area (Å²) in [5, 5.41) is 7.45. The van der Waals surface area contributed by atoms with Crippen molar-refractivity contribution in [1.29, 1.82) is 0 Å². The number of aryl methyl sites for hydroxylation is 1. The van der Waals surface area contributed by atoms with Gasteiger partial charge in [-0.2, -0.15) is 0 Å². The highest BCUT2D eigenvalue weighted by Gasteiger charge is 2.05. The van der Waals surface area contributed by atoms with E-state index in [1.165, 1.54) is 6.33 Å². The minimum atomic E-state index is -0.250. The highest BCUT2D eigenvalue weighted by molar-refractivity contribution is 5.67. The lowest BCUT2D eigenvalue weighted by atomic mass is 10.5. The van der Waals surface area contributed by atoms with Crippen molar-refractivity contribution in [1.82, 2.24) is 25.0 Å². The molecule has 6 nitrogen and oxygen atoms in total. The van der Waals surface area contributed by atoms with E-state index in [0.717, 1.165) is 0 Å². The first kappa shape index (κ1) is 6.96. The van der Waals surface area contributed by atoms with E-state index >= 15 is 0 Å². The zero-order valence-corrected chi connectivity index (χ0v) is 6.48.